The van der Waals surface area contributed by atoms with Crippen LogP contribution in [0.25, 0.3) is 0 Å². The van der Waals surface area contributed by atoms with E-state index in [0.29, 0.717) is 24.9 Å². The normalized spacial score (nSPS) is 24.4. The van der Waals surface area contributed by atoms with Crippen molar-refractivity contribution in [3.05, 3.63) is 12.7 Å². The lowest BCUT2D eigenvalue weighted by atomic mass is 10.0. The Labute approximate surface area is 98.7 Å². The van der Waals surface area contributed by atoms with Gasteiger partial charge in [-0.15, -0.1) is 6.58 Å². The first-order valence-corrected chi connectivity index (χ1v) is 6.35. The van der Waals surface area contributed by atoms with Gasteiger partial charge in [0.25, 0.3) is 0 Å². The van der Waals surface area contributed by atoms with Crippen molar-refractivity contribution in [3.63, 3.8) is 0 Å². The molecule has 0 heterocycles. The van der Waals surface area contributed by atoms with E-state index in [1.165, 1.54) is 12.8 Å². The average molecular weight is 224 g/mol. The molecule has 1 rings (SSSR count). The van der Waals surface area contributed by atoms with E-state index < -0.39 is 0 Å². The molecule has 0 radical (unpaired) electrons. The van der Waals surface area contributed by atoms with Gasteiger partial charge in [-0.05, 0) is 38.6 Å². The van der Waals surface area contributed by atoms with Crippen LogP contribution in [0.5, 0.6) is 0 Å². The predicted molar refractivity (Wildman–Crippen MR) is 67.0 cm³/mol. The van der Waals surface area contributed by atoms with Crippen molar-refractivity contribution < 1.29 is 4.79 Å². The summed E-state index contributed by atoms with van der Waals surface area (Å²) in [6.07, 6.45) is 6.67. The van der Waals surface area contributed by atoms with Crippen LogP contribution in [-0.2, 0) is 4.79 Å². The lowest BCUT2D eigenvalue weighted by Crippen LogP contribution is -2.43. The highest BCUT2D eigenvalue weighted by Gasteiger charge is 2.32. The second-order valence-electron chi connectivity index (χ2n) is 4.50. The molecule has 2 N–H and O–H groups in total. The first kappa shape index (κ1) is 13.2. The van der Waals surface area contributed by atoms with E-state index in [1.807, 2.05) is 4.90 Å². The summed E-state index contributed by atoms with van der Waals surface area (Å²) in [5, 5.41) is 0. The molecule has 0 aromatic carbocycles. The fourth-order valence-corrected chi connectivity index (χ4v) is 2.67. The molecule has 1 aliphatic carbocycles. The largest absolute Gasteiger partial charge is 0.340 e. The van der Waals surface area contributed by atoms with E-state index in [4.69, 9.17) is 5.73 Å². The zero-order valence-corrected chi connectivity index (χ0v) is 10.3. The van der Waals surface area contributed by atoms with Crippen LogP contribution in [0.1, 0.15) is 39.0 Å². The lowest BCUT2D eigenvalue weighted by Gasteiger charge is -2.32. The maximum Gasteiger partial charge on any atom is 0.223 e. The van der Waals surface area contributed by atoms with E-state index >= 15 is 0 Å². The van der Waals surface area contributed by atoms with Crippen molar-refractivity contribution in [2.24, 2.45) is 11.7 Å². The molecule has 1 aliphatic rings. The van der Waals surface area contributed by atoms with Gasteiger partial charge < -0.3 is 10.6 Å². The minimum atomic E-state index is 0.257. The molecule has 2 atom stereocenters. The SMILES string of the molecule is C=CCCC(=O)N(CC)C1CCCC1CN. The van der Waals surface area contributed by atoms with Crippen molar-refractivity contribution in [2.45, 2.75) is 45.1 Å². The predicted octanol–water partition coefficient (Wildman–Crippen LogP) is 1.93. The quantitative estimate of drug-likeness (QED) is 0.701. The average Bonchev–Trinajstić information content (AvgIpc) is 2.75. The van der Waals surface area contributed by atoms with Crippen LogP contribution in [0.15, 0.2) is 12.7 Å². The van der Waals surface area contributed by atoms with E-state index in [-0.39, 0.29) is 5.91 Å². The maximum atomic E-state index is 12.0. The highest BCUT2D eigenvalue weighted by Crippen LogP contribution is 2.29. The van der Waals surface area contributed by atoms with Crippen molar-refractivity contribution in [1.82, 2.24) is 4.90 Å². The third-order valence-corrected chi connectivity index (χ3v) is 3.55. The first-order chi connectivity index (χ1) is 7.74. The van der Waals surface area contributed by atoms with Crippen LogP contribution >= 0.6 is 0 Å². The number of amides is 1. The topological polar surface area (TPSA) is 46.3 Å². The van der Waals surface area contributed by atoms with Crippen LogP contribution in [0.4, 0.5) is 0 Å². The van der Waals surface area contributed by atoms with Crippen molar-refractivity contribution in [2.75, 3.05) is 13.1 Å². The molecule has 2 unspecified atom stereocenters. The molecule has 1 saturated carbocycles. The van der Waals surface area contributed by atoms with Gasteiger partial charge in [-0.3, -0.25) is 4.79 Å². The van der Waals surface area contributed by atoms with Gasteiger partial charge in [0.1, 0.15) is 0 Å². The summed E-state index contributed by atoms with van der Waals surface area (Å²) in [5.74, 6) is 0.764. The summed E-state index contributed by atoms with van der Waals surface area (Å²) in [6.45, 7) is 7.22. The number of rotatable bonds is 6. The van der Waals surface area contributed by atoms with Crippen molar-refractivity contribution in [1.29, 1.82) is 0 Å². The van der Waals surface area contributed by atoms with Crippen LogP contribution in [0, 0.1) is 5.92 Å². The molecule has 1 amide bonds. The van der Waals surface area contributed by atoms with Crippen LogP contribution in [0.3, 0.4) is 0 Å². The molecule has 16 heavy (non-hydrogen) atoms. The zero-order chi connectivity index (χ0) is 12.0. The van der Waals surface area contributed by atoms with Gasteiger partial charge in [0.15, 0.2) is 0 Å². The summed E-state index contributed by atoms with van der Waals surface area (Å²) in [6, 6.07) is 0.382. The van der Waals surface area contributed by atoms with E-state index in [0.717, 1.165) is 19.4 Å². The summed E-state index contributed by atoms with van der Waals surface area (Å²) in [7, 11) is 0. The molecule has 1 fully saturated rings. The lowest BCUT2D eigenvalue weighted by molar-refractivity contribution is -0.133. The number of allylic oxidation sites excluding steroid dienone is 1. The highest BCUT2D eigenvalue weighted by molar-refractivity contribution is 5.76. The molecule has 92 valence electrons. The fraction of sp³-hybridized carbons (Fsp3) is 0.769. The number of carbonyl (C=O) groups is 1. The van der Waals surface area contributed by atoms with Crippen molar-refractivity contribution in [3.8, 4) is 0 Å². The van der Waals surface area contributed by atoms with E-state index in [1.54, 1.807) is 6.08 Å². The molecular formula is C13H24N2O. The molecule has 0 bridgehead atoms. The van der Waals surface area contributed by atoms with Gasteiger partial charge in [0, 0.05) is 19.0 Å². The number of carbonyl (C=O) groups excluding carboxylic acids is 1. The fourth-order valence-electron chi connectivity index (χ4n) is 2.67. The Kier molecular flexibility index (Phi) is 5.53. The number of hydrogen-bond acceptors (Lipinski definition) is 2. The van der Waals surface area contributed by atoms with Crippen LogP contribution < -0.4 is 5.73 Å². The van der Waals surface area contributed by atoms with Gasteiger partial charge in [-0.1, -0.05) is 12.5 Å². The highest BCUT2D eigenvalue weighted by atomic mass is 16.2. The van der Waals surface area contributed by atoms with Crippen LogP contribution in [-0.4, -0.2) is 29.9 Å². The third kappa shape index (κ3) is 3.08. The van der Waals surface area contributed by atoms with Gasteiger partial charge in [-0.25, -0.2) is 0 Å². The van der Waals surface area contributed by atoms with Gasteiger partial charge >= 0.3 is 0 Å². The Morgan fingerprint density at radius 3 is 2.88 bits per heavy atom. The zero-order valence-electron chi connectivity index (χ0n) is 10.3. The Morgan fingerprint density at radius 1 is 1.56 bits per heavy atom. The van der Waals surface area contributed by atoms with Crippen LogP contribution in [0.2, 0.25) is 0 Å². The van der Waals surface area contributed by atoms with Gasteiger partial charge in [0.05, 0.1) is 0 Å². The van der Waals surface area contributed by atoms with E-state index in [2.05, 4.69) is 13.5 Å². The molecule has 0 saturated heterocycles. The Bertz CT molecular complexity index is 240. The minimum Gasteiger partial charge on any atom is -0.340 e. The smallest absolute Gasteiger partial charge is 0.223 e. The summed E-state index contributed by atoms with van der Waals surface area (Å²) < 4.78 is 0. The second-order valence-corrected chi connectivity index (χ2v) is 4.50. The second kappa shape index (κ2) is 6.69. The molecule has 0 aromatic heterocycles. The maximum absolute atomic E-state index is 12.0. The van der Waals surface area contributed by atoms with Gasteiger partial charge in [-0.2, -0.15) is 0 Å². The monoisotopic (exact) mass is 224 g/mol. The minimum absolute atomic E-state index is 0.257. The number of hydrogen-bond donors (Lipinski definition) is 1. The molecular weight excluding hydrogens is 200 g/mol. The number of nitrogens with zero attached hydrogens (tertiary/aromatic N) is 1. The van der Waals surface area contributed by atoms with Crippen molar-refractivity contribution >= 4 is 5.91 Å². The molecule has 0 aromatic rings. The third-order valence-electron chi connectivity index (χ3n) is 3.55. The molecule has 3 heteroatoms. The summed E-state index contributed by atoms with van der Waals surface area (Å²) in [4.78, 5) is 14.0. The number of nitrogens with two attached hydrogens (primary N) is 1. The first-order valence-electron chi connectivity index (χ1n) is 6.35. The molecule has 0 aliphatic heterocycles. The Hall–Kier alpha value is -0.830. The Balaban J connectivity index is 2.58. The standard InChI is InChI=1S/C13H24N2O/c1-3-5-9-13(16)15(4-2)12-8-6-7-11(12)10-14/h3,11-12H,1,4-10,14H2,2H3. The van der Waals surface area contributed by atoms with Gasteiger partial charge in [0.2, 0.25) is 5.91 Å². The van der Waals surface area contributed by atoms with E-state index in [9.17, 15) is 4.79 Å². The summed E-state index contributed by atoms with van der Waals surface area (Å²) in [5.41, 5.74) is 5.76. The Morgan fingerprint density at radius 2 is 2.31 bits per heavy atom. The molecule has 3 nitrogen and oxygen atoms in total. The molecule has 0 spiro atoms. The summed E-state index contributed by atoms with van der Waals surface area (Å²) >= 11 is 0.